The monoisotopic (exact) mass is 384 g/mol. The van der Waals surface area contributed by atoms with Crippen LogP contribution in [0.1, 0.15) is 90.3 Å². The number of hydrogen-bond acceptors (Lipinski definition) is 5. The van der Waals surface area contributed by atoms with Crippen LogP contribution in [0.2, 0.25) is 0 Å². The number of nitrogens with zero attached hydrogens (tertiary/aromatic N) is 2. The quantitative estimate of drug-likeness (QED) is 0.545. The molecule has 0 saturated carbocycles. The number of carbonyl (C=O) groups is 3. The van der Waals surface area contributed by atoms with Crippen LogP contribution in [0.25, 0.3) is 0 Å². The van der Waals surface area contributed by atoms with Gasteiger partial charge in [0.2, 0.25) is 5.91 Å². The SMILES string of the molecule is COC(=O)c1ccc(C(=O)CCC(=O)n2nc(C(C)(C)C)cc2C(C)C)cc1. The molecule has 2 rings (SSSR count). The molecular formula is C22H28N2O4. The molecule has 2 aromatic rings. The lowest BCUT2D eigenvalue weighted by molar-refractivity contribution is 0.0600. The first-order valence-corrected chi connectivity index (χ1v) is 9.39. The van der Waals surface area contributed by atoms with Crippen LogP contribution in [0.4, 0.5) is 0 Å². The smallest absolute Gasteiger partial charge is 0.337 e. The van der Waals surface area contributed by atoms with Crippen molar-refractivity contribution in [3.05, 3.63) is 52.8 Å². The van der Waals surface area contributed by atoms with Gasteiger partial charge in [0.15, 0.2) is 5.78 Å². The van der Waals surface area contributed by atoms with Crippen molar-refractivity contribution in [2.75, 3.05) is 7.11 Å². The molecule has 0 N–H and O–H groups in total. The number of aromatic nitrogens is 2. The average molecular weight is 384 g/mol. The highest BCUT2D eigenvalue weighted by molar-refractivity contribution is 5.99. The molecule has 0 aliphatic carbocycles. The summed E-state index contributed by atoms with van der Waals surface area (Å²) in [4.78, 5) is 36.6. The molecule has 0 atom stereocenters. The number of methoxy groups -OCH3 is 1. The molecule has 1 aromatic carbocycles. The van der Waals surface area contributed by atoms with E-state index in [4.69, 9.17) is 0 Å². The molecule has 1 heterocycles. The zero-order valence-electron chi connectivity index (χ0n) is 17.4. The van der Waals surface area contributed by atoms with Crippen LogP contribution >= 0.6 is 0 Å². The Balaban J connectivity index is 2.10. The minimum absolute atomic E-state index is 0.0720. The van der Waals surface area contributed by atoms with Crippen LogP contribution in [0.3, 0.4) is 0 Å². The molecule has 0 aliphatic heterocycles. The van der Waals surface area contributed by atoms with Crippen LogP contribution in [0.15, 0.2) is 30.3 Å². The molecule has 28 heavy (non-hydrogen) atoms. The third kappa shape index (κ3) is 4.94. The lowest BCUT2D eigenvalue weighted by Crippen LogP contribution is -2.19. The van der Waals surface area contributed by atoms with Crippen molar-refractivity contribution < 1.29 is 19.1 Å². The number of hydrogen-bond donors (Lipinski definition) is 0. The van der Waals surface area contributed by atoms with Gasteiger partial charge in [0.25, 0.3) is 0 Å². The van der Waals surface area contributed by atoms with Crippen molar-refractivity contribution in [2.45, 2.75) is 58.8 Å². The van der Waals surface area contributed by atoms with E-state index in [1.807, 2.05) is 19.9 Å². The van der Waals surface area contributed by atoms with Crippen LogP contribution in [-0.2, 0) is 10.2 Å². The fourth-order valence-corrected chi connectivity index (χ4v) is 2.75. The van der Waals surface area contributed by atoms with Gasteiger partial charge in [-0.3, -0.25) is 9.59 Å². The third-order valence-corrected chi connectivity index (χ3v) is 4.53. The van der Waals surface area contributed by atoms with E-state index in [1.165, 1.54) is 11.8 Å². The molecule has 1 aromatic heterocycles. The molecule has 0 fully saturated rings. The van der Waals surface area contributed by atoms with E-state index in [9.17, 15) is 14.4 Å². The van der Waals surface area contributed by atoms with E-state index in [-0.39, 0.29) is 35.9 Å². The van der Waals surface area contributed by atoms with Gasteiger partial charge in [-0.25, -0.2) is 9.48 Å². The van der Waals surface area contributed by atoms with Gasteiger partial charge in [0, 0.05) is 23.8 Å². The van der Waals surface area contributed by atoms with Crippen molar-refractivity contribution >= 4 is 17.7 Å². The molecule has 0 saturated heterocycles. The summed E-state index contributed by atoms with van der Waals surface area (Å²) in [5.41, 5.74) is 2.38. The topological polar surface area (TPSA) is 78.3 Å². The summed E-state index contributed by atoms with van der Waals surface area (Å²) in [6, 6.07) is 8.20. The Morgan fingerprint density at radius 2 is 1.61 bits per heavy atom. The van der Waals surface area contributed by atoms with Gasteiger partial charge in [-0.2, -0.15) is 5.10 Å². The summed E-state index contributed by atoms with van der Waals surface area (Å²) in [7, 11) is 1.30. The van der Waals surface area contributed by atoms with E-state index in [0.717, 1.165) is 11.4 Å². The van der Waals surface area contributed by atoms with Crippen molar-refractivity contribution in [2.24, 2.45) is 0 Å². The van der Waals surface area contributed by atoms with Gasteiger partial charge in [-0.15, -0.1) is 0 Å². The van der Waals surface area contributed by atoms with Gasteiger partial charge < -0.3 is 4.74 Å². The van der Waals surface area contributed by atoms with E-state index < -0.39 is 5.97 Å². The molecule has 6 heteroatoms. The largest absolute Gasteiger partial charge is 0.465 e. The number of ketones is 1. The first kappa shape index (κ1) is 21.5. The Hall–Kier alpha value is -2.76. The molecule has 0 unspecified atom stereocenters. The highest BCUT2D eigenvalue weighted by Crippen LogP contribution is 2.25. The summed E-state index contributed by atoms with van der Waals surface area (Å²) >= 11 is 0. The van der Waals surface area contributed by atoms with Crippen molar-refractivity contribution in [3.63, 3.8) is 0 Å². The normalized spacial score (nSPS) is 11.5. The van der Waals surface area contributed by atoms with Crippen molar-refractivity contribution in [1.82, 2.24) is 9.78 Å². The Bertz CT molecular complexity index is 871. The molecule has 0 spiro atoms. The number of Topliss-reactive ketones (excluding diaryl/α,β-unsaturated/α-hetero) is 1. The number of benzene rings is 1. The Morgan fingerprint density at radius 1 is 1.04 bits per heavy atom. The van der Waals surface area contributed by atoms with Gasteiger partial charge in [-0.1, -0.05) is 46.8 Å². The average Bonchev–Trinajstić information content (AvgIpc) is 3.11. The lowest BCUT2D eigenvalue weighted by atomic mass is 9.91. The molecule has 150 valence electrons. The zero-order valence-corrected chi connectivity index (χ0v) is 17.4. The lowest BCUT2D eigenvalue weighted by Gasteiger charge is -2.14. The summed E-state index contributed by atoms with van der Waals surface area (Å²) in [6.45, 7) is 10.2. The minimum atomic E-state index is -0.455. The Kier molecular flexibility index (Phi) is 6.54. The first-order valence-electron chi connectivity index (χ1n) is 9.39. The van der Waals surface area contributed by atoms with Crippen LogP contribution in [0, 0.1) is 0 Å². The summed E-state index contributed by atoms with van der Waals surface area (Å²) < 4.78 is 6.09. The second-order valence-corrected chi connectivity index (χ2v) is 8.16. The number of esters is 1. The number of ether oxygens (including phenoxy) is 1. The molecule has 0 radical (unpaired) electrons. The second kappa shape index (κ2) is 8.50. The van der Waals surface area contributed by atoms with E-state index in [1.54, 1.807) is 24.3 Å². The molecule has 6 nitrogen and oxygen atoms in total. The highest BCUT2D eigenvalue weighted by Gasteiger charge is 2.24. The highest BCUT2D eigenvalue weighted by atomic mass is 16.5. The van der Waals surface area contributed by atoms with Crippen LogP contribution in [-0.4, -0.2) is 34.6 Å². The van der Waals surface area contributed by atoms with Crippen molar-refractivity contribution in [1.29, 1.82) is 0 Å². The standard InChI is InChI=1S/C22H28N2O4/c1-14(2)17-13-19(22(3,4)5)23-24(17)20(26)12-11-18(25)15-7-9-16(10-8-15)21(27)28-6/h7-10,13-14H,11-12H2,1-6H3. The Labute approximate surface area is 165 Å². The predicted molar refractivity (Wildman–Crippen MR) is 107 cm³/mol. The van der Waals surface area contributed by atoms with E-state index in [0.29, 0.717) is 11.1 Å². The second-order valence-electron chi connectivity index (χ2n) is 8.16. The van der Waals surface area contributed by atoms with Gasteiger partial charge in [0.05, 0.1) is 24.1 Å². The van der Waals surface area contributed by atoms with Crippen LogP contribution < -0.4 is 0 Å². The van der Waals surface area contributed by atoms with Crippen LogP contribution in [0.5, 0.6) is 0 Å². The van der Waals surface area contributed by atoms with Crippen molar-refractivity contribution in [3.8, 4) is 0 Å². The summed E-state index contributed by atoms with van der Waals surface area (Å²) in [6.07, 6.45) is 0.154. The van der Waals surface area contributed by atoms with Gasteiger partial charge in [0.1, 0.15) is 0 Å². The van der Waals surface area contributed by atoms with Gasteiger partial charge in [-0.05, 0) is 24.1 Å². The maximum atomic E-state index is 12.7. The van der Waals surface area contributed by atoms with Gasteiger partial charge >= 0.3 is 5.97 Å². The van der Waals surface area contributed by atoms with E-state index in [2.05, 4.69) is 30.6 Å². The fourth-order valence-electron chi connectivity index (χ4n) is 2.75. The molecule has 0 amide bonds. The predicted octanol–water partition coefficient (Wildman–Crippen LogP) is 4.39. The number of rotatable bonds is 6. The zero-order chi connectivity index (χ0) is 21.1. The fraction of sp³-hybridized carbons (Fsp3) is 0.455. The molecule has 0 bridgehead atoms. The van der Waals surface area contributed by atoms with E-state index >= 15 is 0 Å². The minimum Gasteiger partial charge on any atom is -0.465 e. The Morgan fingerprint density at radius 3 is 2.11 bits per heavy atom. The maximum absolute atomic E-state index is 12.7. The first-order chi connectivity index (χ1) is 13.0. The summed E-state index contributed by atoms with van der Waals surface area (Å²) in [5, 5.41) is 4.50. The summed E-state index contributed by atoms with van der Waals surface area (Å²) in [5.74, 6) is -0.657. The third-order valence-electron chi connectivity index (χ3n) is 4.53. The molecule has 0 aliphatic rings. The maximum Gasteiger partial charge on any atom is 0.337 e. The molecular weight excluding hydrogens is 356 g/mol. The number of carbonyl (C=O) groups excluding carboxylic acids is 3.